The van der Waals surface area contributed by atoms with Crippen molar-refractivity contribution in [1.29, 1.82) is 0 Å². The third-order valence-electron chi connectivity index (χ3n) is 2.98. The molecule has 0 aliphatic carbocycles. The van der Waals surface area contributed by atoms with Crippen molar-refractivity contribution < 1.29 is 4.79 Å². The average Bonchev–Trinajstić information content (AvgIpc) is 2.33. The highest BCUT2D eigenvalue weighted by Crippen LogP contribution is 2.16. The van der Waals surface area contributed by atoms with Gasteiger partial charge in [-0.3, -0.25) is 10.1 Å². The topological polar surface area (TPSA) is 78.1 Å². The fraction of sp³-hybridized carbons (Fsp3) is 0.545. The van der Waals surface area contributed by atoms with Crippen molar-refractivity contribution in [1.82, 2.24) is 15.1 Å². The zero-order chi connectivity index (χ0) is 12.3. The van der Waals surface area contributed by atoms with Crippen molar-refractivity contribution in [3.8, 4) is 0 Å². The van der Waals surface area contributed by atoms with E-state index in [1.54, 1.807) is 4.90 Å². The highest BCUT2D eigenvalue weighted by Gasteiger charge is 2.20. The SMILES string of the molecule is CC1CCN(C(=O)Nc2ccc(=O)[nH]n2)CC1. The molecule has 2 amide bonds. The highest BCUT2D eigenvalue weighted by molar-refractivity contribution is 5.88. The van der Waals surface area contributed by atoms with Gasteiger partial charge in [0.25, 0.3) is 5.56 Å². The number of likely N-dealkylation sites (tertiary alicyclic amines) is 1. The van der Waals surface area contributed by atoms with Gasteiger partial charge < -0.3 is 4.90 Å². The summed E-state index contributed by atoms with van der Waals surface area (Å²) in [6.45, 7) is 3.74. The Labute approximate surface area is 99.0 Å². The smallest absolute Gasteiger partial charge is 0.323 e. The second-order valence-corrected chi connectivity index (χ2v) is 4.41. The second kappa shape index (κ2) is 4.99. The predicted octanol–water partition coefficient (Wildman–Crippen LogP) is 1.03. The van der Waals surface area contributed by atoms with Gasteiger partial charge in [0.1, 0.15) is 0 Å². The van der Waals surface area contributed by atoms with E-state index in [1.807, 2.05) is 0 Å². The van der Waals surface area contributed by atoms with Gasteiger partial charge in [0, 0.05) is 19.2 Å². The maximum Gasteiger partial charge on any atom is 0.323 e. The zero-order valence-corrected chi connectivity index (χ0v) is 9.77. The first-order chi connectivity index (χ1) is 8.15. The van der Waals surface area contributed by atoms with E-state index in [2.05, 4.69) is 22.4 Å². The quantitative estimate of drug-likeness (QED) is 0.764. The summed E-state index contributed by atoms with van der Waals surface area (Å²) in [5, 5.41) is 8.67. The highest BCUT2D eigenvalue weighted by atomic mass is 16.2. The number of aromatic nitrogens is 2. The molecule has 0 atom stereocenters. The van der Waals surface area contributed by atoms with Gasteiger partial charge in [0.2, 0.25) is 0 Å². The molecular weight excluding hydrogens is 220 g/mol. The first-order valence-electron chi connectivity index (χ1n) is 5.77. The van der Waals surface area contributed by atoms with Gasteiger partial charge in [0.15, 0.2) is 5.82 Å². The van der Waals surface area contributed by atoms with Crippen molar-refractivity contribution in [2.75, 3.05) is 18.4 Å². The number of H-pyrrole nitrogens is 1. The van der Waals surface area contributed by atoms with Gasteiger partial charge in [-0.2, -0.15) is 5.10 Å². The van der Waals surface area contributed by atoms with E-state index in [4.69, 9.17) is 0 Å². The minimum absolute atomic E-state index is 0.156. The fourth-order valence-electron chi connectivity index (χ4n) is 1.81. The number of aromatic amines is 1. The van der Waals surface area contributed by atoms with Crippen LogP contribution in [0.2, 0.25) is 0 Å². The van der Waals surface area contributed by atoms with Crippen molar-refractivity contribution in [3.05, 3.63) is 22.5 Å². The molecule has 1 aliphatic heterocycles. The first-order valence-corrected chi connectivity index (χ1v) is 5.77. The molecular formula is C11H16N4O2. The summed E-state index contributed by atoms with van der Waals surface area (Å²) in [6, 6.07) is 2.67. The van der Waals surface area contributed by atoms with Crippen LogP contribution in [0.25, 0.3) is 0 Å². The Balaban J connectivity index is 1.93. The fourth-order valence-corrected chi connectivity index (χ4v) is 1.81. The number of nitrogens with one attached hydrogen (secondary N) is 2. The third kappa shape index (κ3) is 3.05. The van der Waals surface area contributed by atoms with Crippen LogP contribution in [0.15, 0.2) is 16.9 Å². The Morgan fingerprint density at radius 1 is 1.47 bits per heavy atom. The Morgan fingerprint density at radius 2 is 2.18 bits per heavy atom. The molecule has 1 fully saturated rings. The number of anilines is 1. The summed E-state index contributed by atoms with van der Waals surface area (Å²) in [5.74, 6) is 1.05. The van der Waals surface area contributed by atoms with Crippen LogP contribution < -0.4 is 10.9 Å². The van der Waals surface area contributed by atoms with Crippen LogP contribution in [0.3, 0.4) is 0 Å². The summed E-state index contributed by atoms with van der Waals surface area (Å²) >= 11 is 0. The molecule has 17 heavy (non-hydrogen) atoms. The molecule has 6 heteroatoms. The molecule has 0 saturated carbocycles. The predicted molar refractivity (Wildman–Crippen MR) is 63.8 cm³/mol. The molecule has 0 spiro atoms. The molecule has 2 rings (SSSR count). The van der Waals surface area contributed by atoms with Crippen molar-refractivity contribution in [2.45, 2.75) is 19.8 Å². The molecule has 0 radical (unpaired) electrons. The van der Waals surface area contributed by atoms with E-state index in [1.165, 1.54) is 12.1 Å². The van der Waals surface area contributed by atoms with Crippen molar-refractivity contribution >= 4 is 11.8 Å². The lowest BCUT2D eigenvalue weighted by Gasteiger charge is -2.30. The molecule has 1 aromatic rings. The summed E-state index contributed by atoms with van der Waals surface area (Å²) in [4.78, 5) is 24.4. The number of rotatable bonds is 1. The largest absolute Gasteiger partial charge is 0.324 e. The standard InChI is InChI=1S/C11H16N4O2/c1-8-4-6-15(7-5-8)11(17)12-9-2-3-10(16)14-13-9/h2-3,8H,4-7H2,1H3,(H,14,16)(H,12,13,17). The number of hydrogen-bond donors (Lipinski definition) is 2. The lowest BCUT2D eigenvalue weighted by atomic mass is 10.00. The van der Waals surface area contributed by atoms with Gasteiger partial charge in [-0.1, -0.05) is 6.92 Å². The molecule has 92 valence electrons. The van der Waals surface area contributed by atoms with Gasteiger partial charge in [-0.05, 0) is 24.8 Å². The van der Waals surface area contributed by atoms with Crippen molar-refractivity contribution in [2.24, 2.45) is 5.92 Å². The molecule has 2 heterocycles. The summed E-state index contributed by atoms with van der Waals surface area (Å²) in [6.07, 6.45) is 2.07. The van der Waals surface area contributed by atoms with E-state index < -0.39 is 0 Å². The second-order valence-electron chi connectivity index (χ2n) is 4.41. The minimum Gasteiger partial charge on any atom is -0.324 e. The van der Waals surface area contributed by atoms with Gasteiger partial charge >= 0.3 is 6.03 Å². The van der Waals surface area contributed by atoms with Crippen LogP contribution in [0, 0.1) is 5.92 Å². The van der Waals surface area contributed by atoms with Gasteiger partial charge in [-0.15, -0.1) is 0 Å². The molecule has 1 saturated heterocycles. The number of urea groups is 1. The van der Waals surface area contributed by atoms with E-state index in [0.29, 0.717) is 11.7 Å². The normalized spacial score (nSPS) is 16.9. The number of nitrogens with zero attached hydrogens (tertiary/aromatic N) is 2. The lowest BCUT2D eigenvalue weighted by molar-refractivity contribution is 0.186. The average molecular weight is 236 g/mol. The van der Waals surface area contributed by atoms with Gasteiger partial charge in [-0.25, -0.2) is 9.89 Å². The van der Waals surface area contributed by atoms with E-state index in [-0.39, 0.29) is 11.6 Å². The number of hydrogen-bond acceptors (Lipinski definition) is 3. The van der Waals surface area contributed by atoms with Crippen LogP contribution >= 0.6 is 0 Å². The van der Waals surface area contributed by atoms with Crippen LogP contribution in [0.1, 0.15) is 19.8 Å². The van der Waals surface area contributed by atoms with Crippen LogP contribution in [0.5, 0.6) is 0 Å². The van der Waals surface area contributed by atoms with E-state index in [9.17, 15) is 9.59 Å². The van der Waals surface area contributed by atoms with Crippen LogP contribution in [-0.4, -0.2) is 34.2 Å². The van der Waals surface area contributed by atoms with Crippen LogP contribution in [-0.2, 0) is 0 Å². The molecule has 2 N–H and O–H groups in total. The number of amides is 2. The molecule has 6 nitrogen and oxygen atoms in total. The summed E-state index contributed by atoms with van der Waals surface area (Å²) in [5.41, 5.74) is -0.283. The lowest BCUT2D eigenvalue weighted by Crippen LogP contribution is -2.40. The number of carbonyl (C=O) groups is 1. The molecule has 0 aromatic carbocycles. The van der Waals surface area contributed by atoms with E-state index in [0.717, 1.165) is 25.9 Å². The molecule has 1 aliphatic rings. The monoisotopic (exact) mass is 236 g/mol. The Hall–Kier alpha value is -1.85. The summed E-state index contributed by atoms with van der Waals surface area (Å²) in [7, 11) is 0. The Morgan fingerprint density at radius 3 is 2.76 bits per heavy atom. The van der Waals surface area contributed by atoms with E-state index >= 15 is 0 Å². The van der Waals surface area contributed by atoms with Crippen molar-refractivity contribution in [3.63, 3.8) is 0 Å². The maximum absolute atomic E-state index is 11.8. The molecule has 1 aromatic heterocycles. The first kappa shape index (κ1) is 11.6. The molecule has 0 unspecified atom stereocenters. The van der Waals surface area contributed by atoms with Crippen LogP contribution in [0.4, 0.5) is 10.6 Å². The number of piperidine rings is 1. The zero-order valence-electron chi connectivity index (χ0n) is 9.77. The van der Waals surface area contributed by atoms with Gasteiger partial charge in [0.05, 0.1) is 0 Å². The maximum atomic E-state index is 11.8. The Kier molecular flexibility index (Phi) is 3.41. The Bertz CT molecular complexity index is 429. The summed E-state index contributed by atoms with van der Waals surface area (Å²) < 4.78 is 0. The minimum atomic E-state index is -0.283. The third-order valence-corrected chi connectivity index (χ3v) is 2.98. The number of carbonyl (C=O) groups excluding carboxylic acids is 1. The molecule has 0 bridgehead atoms.